The zero-order valence-corrected chi connectivity index (χ0v) is 21.9. The van der Waals surface area contributed by atoms with E-state index in [4.69, 9.17) is 32.7 Å². The minimum absolute atomic E-state index is 0.0586. The van der Waals surface area contributed by atoms with Gasteiger partial charge in [0, 0.05) is 47.3 Å². The third-order valence-electron chi connectivity index (χ3n) is 5.66. The maximum atomic E-state index is 12.9. The first-order chi connectivity index (χ1) is 18.3. The summed E-state index contributed by atoms with van der Waals surface area (Å²) >= 11 is 12.7. The first-order valence-corrected chi connectivity index (χ1v) is 12.4. The van der Waals surface area contributed by atoms with Crippen LogP contribution in [0.5, 0.6) is 0 Å². The number of nitrogens with one attached hydrogen (secondary N) is 3. The number of ether oxygens (including phenoxy) is 2. The van der Waals surface area contributed by atoms with Crippen molar-refractivity contribution in [2.24, 2.45) is 0 Å². The van der Waals surface area contributed by atoms with Crippen LogP contribution in [0.2, 0.25) is 10.0 Å². The molecular weight excluding hydrogens is 529 g/mol. The Labute approximate surface area is 229 Å². The number of rotatable bonds is 8. The molecule has 1 aliphatic rings. The Morgan fingerprint density at radius 2 is 1.68 bits per heavy atom. The Bertz CT molecular complexity index is 1360. The number of fused-ring (bicyclic) bond motifs is 1. The normalized spacial score (nSPS) is 15.2. The van der Waals surface area contributed by atoms with Gasteiger partial charge in [0.1, 0.15) is 19.3 Å². The second kappa shape index (κ2) is 12.6. The van der Waals surface area contributed by atoms with Crippen LogP contribution in [0.3, 0.4) is 0 Å². The molecule has 0 bridgehead atoms. The van der Waals surface area contributed by atoms with Gasteiger partial charge in [0.2, 0.25) is 11.8 Å². The van der Waals surface area contributed by atoms with Crippen LogP contribution in [0.25, 0.3) is 5.57 Å². The fourth-order valence-electron chi connectivity index (χ4n) is 3.98. The molecule has 3 aromatic carbocycles. The number of benzene rings is 3. The van der Waals surface area contributed by atoms with Gasteiger partial charge in [0.05, 0.1) is 5.02 Å². The molecule has 8 nitrogen and oxygen atoms in total. The molecule has 0 spiro atoms. The lowest BCUT2D eigenvalue weighted by atomic mass is 9.91. The van der Waals surface area contributed by atoms with Crippen molar-refractivity contribution in [2.75, 3.05) is 29.7 Å². The van der Waals surface area contributed by atoms with Gasteiger partial charge in [-0.25, -0.2) is 4.79 Å². The molecule has 0 radical (unpaired) electrons. The van der Waals surface area contributed by atoms with E-state index >= 15 is 0 Å². The summed E-state index contributed by atoms with van der Waals surface area (Å²) in [6.45, 7) is 0.0689. The van der Waals surface area contributed by atoms with E-state index in [2.05, 4.69) is 16.0 Å². The summed E-state index contributed by atoms with van der Waals surface area (Å²) in [5, 5.41) is 9.35. The first kappa shape index (κ1) is 27.2. The number of hydrogen-bond donors (Lipinski definition) is 3. The molecule has 196 valence electrons. The zero-order valence-electron chi connectivity index (χ0n) is 20.4. The lowest BCUT2D eigenvalue weighted by Gasteiger charge is -2.28. The Kier molecular flexibility index (Phi) is 9.02. The number of methoxy groups -OCH3 is 1. The van der Waals surface area contributed by atoms with Crippen LogP contribution in [-0.4, -0.2) is 37.5 Å². The van der Waals surface area contributed by atoms with E-state index in [0.29, 0.717) is 38.2 Å². The van der Waals surface area contributed by atoms with Crippen molar-refractivity contribution >= 4 is 63.6 Å². The van der Waals surface area contributed by atoms with Crippen molar-refractivity contribution in [3.63, 3.8) is 0 Å². The maximum Gasteiger partial charge on any atom is 0.329 e. The van der Waals surface area contributed by atoms with Gasteiger partial charge < -0.3 is 25.4 Å². The Morgan fingerprint density at radius 1 is 1.00 bits per heavy atom. The molecule has 1 atom stereocenters. The molecule has 1 aliphatic heterocycles. The summed E-state index contributed by atoms with van der Waals surface area (Å²) in [5.74, 6) is -1.16. The zero-order chi connectivity index (χ0) is 27.1. The quantitative estimate of drug-likeness (QED) is 0.250. The van der Waals surface area contributed by atoms with Gasteiger partial charge in [-0.3, -0.25) is 9.59 Å². The lowest BCUT2D eigenvalue weighted by Crippen LogP contribution is -2.35. The van der Waals surface area contributed by atoms with Crippen LogP contribution in [0.1, 0.15) is 17.5 Å². The summed E-state index contributed by atoms with van der Waals surface area (Å²) in [6.07, 6.45) is 1.59. The second-order valence-electron chi connectivity index (χ2n) is 8.52. The van der Waals surface area contributed by atoms with Crippen molar-refractivity contribution in [2.45, 2.75) is 19.1 Å². The molecule has 10 heteroatoms. The highest BCUT2D eigenvalue weighted by atomic mass is 35.5. The molecule has 0 saturated heterocycles. The number of amides is 2. The van der Waals surface area contributed by atoms with Crippen LogP contribution < -0.4 is 16.0 Å². The van der Waals surface area contributed by atoms with Crippen molar-refractivity contribution < 1.29 is 23.9 Å². The van der Waals surface area contributed by atoms with E-state index in [9.17, 15) is 14.4 Å². The molecular formula is C28H25Cl2N3O5. The van der Waals surface area contributed by atoms with Gasteiger partial charge in [0.25, 0.3) is 0 Å². The highest BCUT2D eigenvalue weighted by Gasteiger charge is 2.30. The number of hydrogen-bond acceptors (Lipinski definition) is 6. The number of esters is 1. The van der Waals surface area contributed by atoms with Crippen molar-refractivity contribution in [3.8, 4) is 0 Å². The molecule has 0 aromatic heterocycles. The lowest BCUT2D eigenvalue weighted by molar-refractivity contribution is -0.145. The number of anilines is 3. The molecule has 2 amide bonds. The van der Waals surface area contributed by atoms with Gasteiger partial charge in [-0.15, -0.1) is 0 Å². The number of halogens is 2. The fraction of sp³-hybridized carbons (Fsp3) is 0.179. The van der Waals surface area contributed by atoms with Crippen LogP contribution in [0.15, 0.2) is 72.8 Å². The minimum Gasteiger partial charge on any atom is -0.459 e. The molecule has 1 unspecified atom stereocenters. The topological polar surface area (TPSA) is 106 Å². The molecule has 1 heterocycles. The average molecular weight is 554 g/mol. The second-order valence-corrected chi connectivity index (χ2v) is 9.37. The summed E-state index contributed by atoms with van der Waals surface area (Å²) in [6, 6.07) is 18.5. The van der Waals surface area contributed by atoms with E-state index in [-0.39, 0.29) is 25.5 Å². The van der Waals surface area contributed by atoms with Crippen molar-refractivity contribution in [3.05, 3.63) is 94.0 Å². The van der Waals surface area contributed by atoms with E-state index < -0.39 is 17.9 Å². The van der Waals surface area contributed by atoms with E-state index in [0.717, 1.165) is 5.56 Å². The Morgan fingerprint density at radius 3 is 2.37 bits per heavy atom. The van der Waals surface area contributed by atoms with Gasteiger partial charge in [-0.1, -0.05) is 53.5 Å². The molecule has 3 aromatic rings. The summed E-state index contributed by atoms with van der Waals surface area (Å²) in [4.78, 5) is 37.5. The highest BCUT2D eigenvalue weighted by Crippen LogP contribution is 2.40. The monoisotopic (exact) mass is 553 g/mol. The molecule has 38 heavy (non-hydrogen) atoms. The Balaban J connectivity index is 1.50. The van der Waals surface area contributed by atoms with Gasteiger partial charge in [0.15, 0.2) is 0 Å². The number of carbonyl (C=O) groups excluding carboxylic acids is 3. The van der Waals surface area contributed by atoms with E-state index in [1.807, 2.05) is 30.3 Å². The maximum absolute atomic E-state index is 12.9. The standard InChI is InChI=1S/C28H25Cl2N3O5/c1-37-16-26(35)32-21-9-7-20(8-10-21)31-25(34)12-18-11-24(28(36)38-15-17-5-3-2-4-6-17)33-23-14-19(29)13-22(30)27(18)23/h2-10,12-14,24,33H,11,15-16H2,1H3,(H,31,34)(H,32,35)/b18-12+. The summed E-state index contributed by atoms with van der Waals surface area (Å²) in [5.41, 5.74) is 3.63. The third kappa shape index (κ3) is 7.13. The van der Waals surface area contributed by atoms with Gasteiger partial charge in [-0.2, -0.15) is 0 Å². The predicted molar refractivity (Wildman–Crippen MR) is 148 cm³/mol. The number of carbonyl (C=O) groups is 3. The summed E-state index contributed by atoms with van der Waals surface area (Å²) in [7, 11) is 1.44. The molecule has 0 saturated carbocycles. The third-order valence-corrected chi connectivity index (χ3v) is 6.17. The molecule has 0 aliphatic carbocycles. The molecule has 3 N–H and O–H groups in total. The largest absolute Gasteiger partial charge is 0.459 e. The first-order valence-electron chi connectivity index (χ1n) is 11.7. The van der Waals surface area contributed by atoms with E-state index in [1.165, 1.54) is 13.2 Å². The van der Waals surface area contributed by atoms with Crippen molar-refractivity contribution in [1.82, 2.24) is 0 Å². The smallest absolute Gasteiger partial charge is 0.329 e. The summed E-state index contributed by atoms with van der Waals surface area (Å²) < 4.78 is 10.3. The average Bonchev–Trinajstić information content (AvgIpc) is 2.88. The van der Waals surface area contributed by atoms with Crippen LogP contribution in [0, 0.1) is 0 Å². The SMILES string of the molecule is COCC(=O)Nc1ccc(NC(=O)/C=C2\CC(C(=O)OCc3ccccc3)Nc3cc(Cl)cc(Cl)c32)cc1. The van der Waals surface area contributed by atoms with Crippen LogP contribution in [0.4, 0.5) is 17.1 Å². The minimum atomic E-state index is -0.741. The molecule has 0 fully saturated rings. The fourth-order valence-corrected chi connectivity index (χ4v) is 4.59. The van der Waals surface area contributed by atoms with Crippen LogP contribution >= 0.6 is 23.2 Å². The van der Waals surface area contributed by atoms with Crippen LogP contribution in [-0.2, 0) is 30.5 Å². The molecule has 4 rings (SSSR count). The highest BCUT2D eigenvalue weighted by molar-refractivity contribution is 6.36. The Hall–Kier alpha value is -3.85. The van der Waals surface area contributed by atoms with Gasteiger partial charge >= 0.3 is 5.97 Å². The van der Waals surface area contributed by atoms with Gasteiger partial charge in [-0.05, 0) is 47.5 Å². The van der Waals surface area contributed by atoms with Crippen molar-refractivity contribution in [1.29, 1.82) is 0 Å². The predicted octanol–water partition coefficient (Wildman–Crippen LogP) is 5.53. The van der Waals surface area contributed by atoms with E-state index in [1.54, 1.807) is 36.4 Å².